The van der Waals surface area contributed by atoms with Crippen LogP contribution >= 0.6 is 0 Å². The molecule has 0 radical (unpaired) electrons. The molecule has 2 N–H and O–H groups in total. The van der Waals surface area contributed by atoms with Crippen molar-refractivity contribution >= 4 is 5.96 Å². The summed E-state index contributed by atoms with van der Waals surface area (Å²) < 4.78 is 10.7. The summed E-state index contributed by atoms with van der Waals surface area (Å²) in [4.78, 5) is 4.52. The lowest BCUT2D eigenvalue weighted by atomic mass is 10.2. The fraction of sp³-hybridized carbons (Fsp3) is 0.500. The maximum atomic E-state index is 5.38. The molecule has 0 amide bonds. The van der Waals surface area contributed by atoms with Crippen molar-refractivity contribution in [1.29, 1.82) is 0 Å². The fourth-order valence-corrected chi connectivity index (χ4v) is 1.75. The zero-order valence-electron chi connectivity index (χ0n) is 12.1. The van der Waals surface area contributed by atoms with E-state index in [9.17, 15) is 0 Å². The lowest BCUT2D eigenvalue weighted by molar-refractivity contribution is 0.352. The van der Waals surface area contributed by atoms with E-state index in [1.165, 1.54) is 0 Å². The van der Waals surface area contributed by atoms with Gasteiger partial charge in [-0.15, -0.1) is 0 Å². The molecule has 0 unspecified atom stereocenters. The average molecular weight is 265 g/mol. The summed E-state index contributed by atoms with van der Waals surface area (Å²) in [6.07, 6.45) is 0. The van der Waals surface area contributed by atoms with Crippen LogP contribution in [0, 0.1) is 0 Å². The normalized spacial score (nSPS) is 9.68. The lowest BCUT2D eigenvalue weighted by Gasteiger charge is -2.12. The first-order chi connectivity index (χ1) is 9.26. The molecule has 0 heterocycles. The number of hydrogen-bond donors (Lipinski definition) is 2. The summed E-state index contributed by atoms with van der Waals surface area (Å²) >= 11 is 0. The molecule has 106 valence electrons. The first kappa shape index (κ1) is 15.1. The summed E-state index contributed by atoms with van der Waals surface area (Å²) in [5.41, 5.74) is 0.996. The quantitative estimate of drug-likeness (QED) is 0.608. The highest BCUT2D eigenvalue weighted by atomic mass is 16.5. The molecule has 1 aromatic rings. The van der Waals surface area contributed by atoms with E-state index < -0.39 is 0 Å². The summed E-state index contributed by atoms with van der Waals surface area (Å²) in [6, 6.07) is 5.80. The van der Waals surface area contributed by atoms with Gasteiger partial charge < -0.3 is 20.1 Å². The predicted molar refractivity (Wildman–Crippen MR) is 78.0 cm³/mol. The van der Waals surface area contributed by atoms with Gasteiger partial charge in [-0.05, 0) is 19.9 Å². The lowest BCUT2D eigenvalue weighted by Crippen LogP contribution is -2.36. The second-order valence-electron chi connectivity index (χ2n) is 3.88. The van der Waals surface area contributed by atoms with Gasteiger partial charge in [-0.25, -0.2) is 4.99 Å². The van der Waals surface area contributed by atoms with Crippen molar-refractivity contribution in [2.75, 3.05) is 27.3 Å². The highest BCUT2D eigenvalue weighted by molar-refractivity contribution is 5.79. The van der Waals surface area contributed by atoms with Crippen LogP contribution in [0.15, 0.2) is 23.2 Å². The summed E-state index contributed by atoms with van der Waals surface area (Å²) in [5, 5.41) is 6.37. The number of rotatable bonds is 6. The van der Waals surface area contributed by atoms with Gasteiger partial charge in [-0.2, -0.15) is 0 Å². The maximum Gasteiger partial charge on any atom is 0.191 e. The molecule has 1 aromatic carbocycles. The first-order valence-electron chi connectivity index (χ1n) is 6.48. The van der Waals surface area contributed by atoms with E-state index in [4.69, 9.17) is 9.47 Å². The molecular weight excluding hydrogens is 242 g/mol. The Balaban J connectivity index is 2.88. The molecule has 0 bridgehead atoms. The van der Waals surface area contributed by atoms with E-state index in [2.05, 4.69) is 15.6 Å². The molecule has 19 heavy (non-hydrogen) atoms. The Hall–Kier alpha value is -1.91. The molecule has 0 spiro atoms. The Bertz CT molecular complexity index is 411. The number of aliphatic imine (C=N–C) groups is 1. The molecule has 0 saturated carbocycles. The van der Waals surface area contributed by atoms with Crippen molar-refractivity contribution < 1.29 is 9.47 Å². The standard InChI is InChI=1S/C14H23N3O2/c1-5-15-14(16-6-2)17-10-11-8-7-9-12(18-3)13(11)19-4/h7-9H,5-6,10H2,1-4H3,(H2,15,16,17). The third-order valence-electron chi connectivity index (χ3n) is 2.58. The highest BCUT2D eigenvalue weighted by Gasteiger charge is 2.08. The van der Waals surface area contributed by atoms with Gasteiger partial charge >= 0.3 is 0 Å². The van der Waals surface area contributed by atoms with Crippen LogP contribution in [0.5, 0.6) is 11.5 Å². The van der Waals surface area contributed by atoms with E-state index in [-0.39, 0.29) is 0 Å². The fourth-order valence-electron chi connectivity index (χ4n) is 1.75. The van der Waals surface area contributed by atoms with Crippen LogP contribution < -0.4 is 20.1 Å². The van der Waals surface area contributed by atoms with Crippen LogP contribution in [0.2, 0.25) is 0 Å². The van der Waals surface area contributed by atoms with Gasteiger partial charge in [-0.1, -0.05) is 12.1 Å². The number of para-hydroxylation sites is 1. The molecule has 0 aliphatic carbocycles. The van der Waals surface area contributed by atoms with Crippen LogP contribution in [-0.2, 0) is 6.54 Å². The van der Waals surface area contributed by atoms with Crippen molar-refractivity contribution in [3.63, 3.8) is 0 Å². The topological polar surface area (TPSA) is 54.9 Å². The number of hydrogen-bond acceptors (Lipinski definition) is 3. The number of nitrogens with zero attached hydrogens (tertiary/aromatic N) is 1. The number of ether oxygens (including phenoxy) is 2. The summed E-state index contributed by atoms with van der Waals surface area (Å²) in [5.74, 6) is 2.26. The van der Waals surface area contributed by atoms with E-state index in [1.54, 1.807) is 14.2 Å². The van der Waals surface area contributed by atoms with Gasteiger partial charge in [0.15, 0.2) is 17.5 Å². The third kappa shape index (κ3) is 4.35. The van der Waals surface area contributed by atoms with E-state index in [0.717, 1.165) is 36.1 Å². The minimum absolute atomic E-state index is 0.537. The van der Waals surface area contributed by atoms with E-state index in [1.807, 2.05) is 32.0 Å². The zero-order valence-corrected chi connectivity index (χ0v) is 12.1. The van der Waals surface area contributed by atoms with Gasteiger partial charge in [0, 0.05) is 18.7 Å². The Labute approximate surface area is 115 Å². The molecule has 5 heteroatoms. The average Bonchev–Trinajstić information content (AvgIpc) is 2.44. The monoisotopic (exact) mass is 265 g/mol. The molecule has 0 saturated heterocycles. The van der Waals surface area contributed by atoms with Gasteiger partial charge in [0.25, 0.3) is 0 Å². The smallest absolute Gasteiger partial charge is 0.191 e. The summed E-state index contributed by atoms with van der Waals surface area (Å²) in [6.45, 7) is 6.29. The van der Waals surface area contributed by atoms with Crippen molar-refractivity contribution in [2.24, 2.45) is 4.99 Å². The Kier molecular flexibility index (Phi) is 6.57. The molecular formula is C14H23N3O2. The Morgan fingerprint density at radius 3 is 2.32 bits per heavy atom. The molecule has 0 fully saturated rings. The van der Waals surface area contributed by atoms with Gasteiger partial charge in [0.05, 0.1) is 20.8 Å². The van der Waals surface area contributed by atoms with Gasteiger partial charge in [0.2, 0.25) is 0 Å². The highest BCUT2D eigenvalue weighted by Crippen LogP contribution is 2.30. The third-order valence-corrected chi connectivity index (χ3v) is 2.58. The van der Waals surface area contributed by atoms with Crippen LogP contribution in [0.25, 0.3) is 0 Å². The molecule has 0 aromatic heterocycles. The second kappa shape index (κ2) is 8.24. The van der Waals surface area contributed by atoms with E-state index >= 15 is 0 Å². The van der Waals surface area contributed by atoms with E-state index in [0.29, 0.717) is 6.54 Å². The largest absolute Gasteiger partial charge is 0.493 e. The van der Waals surface area contributed by atoms with Crippen LogP contribution in [-0.4, -0.2) is 33.3 Å². The number of methoxy groups -OCH3 is 2. The summed E-state index contributed by atoms with van der Waals surface area (Å²) in [7, 11) is 3.27. The van der Waals surface area contributed by atoms with Crippen LogP contribution in [0.3, 0.4) is 0 Å². The van der Waals surface area contributed by atoms with Gasteiger partial charge in [0.1, 0.15) is 0 Å². The Morgan fingerprint density at radius 2 is 1.79 bits per heavy atom. The van der Waals surface area contributed by atoms with Crippen LogP contribution in [0.1, 0.15) is 19.4 Å². The molecule has 0 aliphatic heterocycles. The minimum atomic E-state index is 0.537. The SMILES string of the molecule is CCNC(=NCc1cccc(OC)c1OC)NCC. The predicted octanol–water partition coefficient (Wildman–Crippen LogP) is 1.78. The second-order valence-corrected chi connectivity index (χ2v) is 3.88. The molecule has 5 nitrogen and oxygen atoms in total. The van der Waals surface area contributed by atoms with Crippen molar-refractivity contribution in [2.45, 2.75) is 20.4 Å². The number of nitrogens with one attached hydrogen (secondary N) is 2. The first-order valence-corrected chi connectivity index (χ1v) is 6.48. The molecule has 0 atom stereocenters. The number of guanidine groups is 1. The zero-order chi connectivity index (χ0) is 14.1. The molecule has 1 rings (SSSR count). The number of benzene rings is 1. The van der Waals surface area contributed by atoms with Crippen molar-refractivity contribution in [1.82, 2.24) is 10.6 Å². The van der Waals surface area contributed by atoms with Crippen molar-refractivity contribution in [3.8, 4) is 11.5 Å². The molecule has 0 aliphatic rings. The Morgan fingerprint density at radius 1 is 1.11 bits per heavy atom. The minimum Gasteiger partial charge on any atom is -0.493 e. The van der Waals surface area contributed by atoms with Gasteiger partial charge in [-0.3, -0.25) is 0 Å². The maximum absolute atomic E-state index is 5.38. The van der Waals surface area contributed by atoms with Crippen molar-refractivity contribution in [3.05, 3.63) is 23.8 Å². The van der Waals surface area contributed by atoms with Crippen LogP contribution in [0.4, 0.5) is 0 Å².